The Morgan fingerprint density at radius 1 is 0.781 bits per heavy atom. The van der Waals surface area contributed by atoms with Gasteiger partial charge in [0.15, 0.2) is 0 Å². The Bertz CT molecular complexity index is 843. The maximum Gasteiger partial charge on any atom is 0.137 e. The minimum absolute atomic E-state index is 0. The van der Waals surface area contributed by atoms with E-state index < -0.39 is 0 Å². The highest BCUT2D eigenvalue weighted by Crippen LogP contribution is 2.18. The molecule has 1 saturated heterocycles. The van der Waals surface area contributed by atoms with Crippen molar-refractivity contribution in [1.82, 2.24) is 0 Å². The van der Waals surface area contributed by atoms with Crippen molar-refractivity contribution in [3.63, 3.8) is 0 Å². The Balaban J connectivity index is 0.00000181. The molecule has 3 aromatic rings. The van der Waals surface area contributed by atoms with E-state index in [0.717, 1.165) is 19.0 Å². The van der Waals surface area contributed by atoms with E-state index in [9.17, 15) is 4.39 Å². The van der Waals surface area contributed by atoms with Gasteiger partial charge in [-0.25, -0.2) is 4.39 Å². The van der Waals surface area contributed by atoms with Crippen molar-refractivity contribution in [3.8, 4) is 0 Å². The molecule has 3 N–H and O–H groups in total. The first-order valence-electron chi connectivity index (χ1n) is 11.3. The molecule has 32 heavy (non-hydrogen) atoms. The monoisotopic (exact) mass is 474 g/mol. The molecule has 5 heteroatoms. The van der Waals surface area contributed by atoms with Crippen LogP contribution in [-0.2, 0) is 6.54 Å². The third kappa shape index (κ3) is 7.60. The highest BCUT2D eigenvalue weighted by molar-refractivity contribution is 5.29. The van der Waals surface area contributed by atoms with Crippen LogP contribution in [0.25, 0.3) is 0 Å². The molecule has 1 fully saturated rings. The number of hydrogen-bond acceptors (Lipinski definition) is 0. The molecule has 0 unspecified atom stereocenters. The van der Waals surface area contributed by atoms with Gasteiger partial charge < -0.3 is 35.0 Å². The van der Waals surface area contributed by atoms with Gasteiger partial charge in [0.25, 0.3) is 0 Å². The van der Waals surface area contributed by atoms with E-state index in [4.69, 9.17) is 0 Å². The fourth-order valence-electron chi connectivity index (χ4n) is 4.73. The topological polar surface area (TPSA) is 21.1 Å². The van der Waals surface area contributed by atoms with Gasteiger partial charge in [-0.3, -0.25) is 0 Å². The molecule has 1 aliphatic heterocycles. The summed E-state index contributed by atoms with van der Waals surface area (Å²) < 4.78 is 13.1. The lowest BCUT2D eigenvalue weighted by molar-refractivity contribution is -0.919. The maximum absolute atomic E-state index is 13.1. The van der Waals surface area contributed by atoms with E-state index in [2.05, 4.69) is 66.0 Å². The van der Waals surface area contributed by atoms with Crippen molar-refractivity contribution in [3.05, 3.63) is 107 Å². The predicted molar refractivity (Wildman–Crippen MR) is 120 cm³/mol. The molecule has 3 aromatic carbocycles. The summed E-state index contributed by atoms with van der Waals surface area (Å²) in [6, 6.07) is 29.1. The van der Waals surface area contributed by atoms with Gasteiger partial charge in [0.2, 0.25) is 0 Å². The number of halogens is 3. The summed E-state index contributed by atoms with van der Waals surface area (Å²) >= 11 is 0. The number of likely N-dealkylation sites (tertiary alicyclic amines) is 1. The van der Waals surface area contributed by atoms with E-state index in [1.165, 1.54) is 49.0 Å². The normalized spacial score (nSPS) is 17.9. The number of quaternary nitrogens is 2. The number of rotatable bonds is 8. The fraction of sp³-hybridized carbons (Fsp3) is 0.333. The van der Waals surface area contributed by atoms with Crippen LogP contribution in [-0.4, -0.2) is 19.6 Å². The lowest BCUT2D eigenvalue weighted by Gasteiger charge is -2.29. The van der Waals surface area contributed by atoms with Crippen LogP contribution in [0.15, 0.2) is 84.9 Å². The molecule has 0 bridgehead atoms. The maximum atomic E-state index is 13.1. The van der Waals surface area contributed by atoms with Gasteiger partial charge in [-0.1, -0.05) is 72.8 Å². The van der Waals surface area contributed by atoms with Crippen LogP contribution in [0, 0.1) is 11.7 Å². The van der Waals surface area contributed by atoms with Crippen LogP contribution in [0.4, 0.5) is 4.39 Å². The third-order valence-electron chi connectivity index (χ3n) is 6.47. The summed E-state index contributed by atoms with van der Waals surface area (Å²) in [6.45, 7) is 4.63. The standard InChI is InChI=1S/C27H31FN2.2ClH/c28-26-13-11-23(12-14-26)21-30-19-16-22(17-20-30)15-18-29-27(24-7-3-1-4-8-24)25-9-5-2-6-10-25;;/h1-14,22,27,29H,15-21H2;2*1H. The number of nitrogens with one attached hydrogen (secondary N) is 1. The molecule has 0 atom stereocenters. The molecule has 0 spiro atoms. The quantitative estimate of drug-likeness (QED) is 0.356. The van der Waals surface area contributed by atoms with Crippen LogP contribution in [0.5, 0.6) is 0 Å². The van der Waals surface area contributed by atoms with Crippen LogP contribution >= 0.6 is 0 Å². The first-order valence-corrected chi connectivity index (χ1v) is 11.3. The highest BCUT2D eigenvalue weighted by Gasteiger charge is 2.23. The fourth-order valence-corrected chi connectivity index (χ4v) is 4.73. The molecule has 0 saturated carbocycles. The second-order valence-electron chi connectivity index (χ2n) is 8.61. The van der Waals surface area contributed by atoms with Crippen molar-refractivity contribution >= 4 is 0 Å². The number of nitrogens with two attached hydrogens (primary N) is 1. The summed E-state index contributed by atoms with van der Waals surface area (Å²) in [5, 5.41) is 2.52. The number of piperidine rings is 1. The number of benzene rings is 3. The minimum atomic E-state index is -0.145. The van der Waals surface area contributed by atoms with Crippen molar-refractivity contribution in [2.75, 3.05) is 19.6 Å². The molecule has 1 aliphatic rings. The van der Waals surface area contributed by atoms with Gasteiger partial charge >= 0.3 is 0 Å². The van der Waals surface area contributed by atoms with Gasteiger partial charge in [0.1, 0.15) is 18.4 Å². The van der Waals surface area contributed by atoms with E-state index in [1.807, 2.05) is 12.1 Å². The van der Waals surface area contributed by atoms with Gasteiger partial charge in [0, 0.05) is 16.7 Å². The van der Waals surface area contributed by atoms with E-state index >= 15 is 0 Å². The molecular weight excluding hydrogens is 442 g/mol. The summed E-state index contributed by atoms with van der Waals surface area (Å²) in [7, 11) is 0. The van der Waals surface area contributed by atoms with Gasteiger partial charge in [0.05, 0.1) is 19.6 Å². The summed E-state index contributed by atoms with van der Waals surface area (Å²) in [6.07, 6.45) is 3.87. The third-order valence-corrected chi connectivity index (χ3v) is 6.47. The summed E-state index contributed by atoms with van der Waals surface area (Å²) in [4.78, 5) is 1.63. The first-order chi connectivity index (χ1) is 14.8. The first kappa shape index (κ1) is 26.3. The molecule has 4 rings (SSSR count). The second kappa shape index (κ2) is 13.6. The molecule has 0 aromatic heterocycles. The molecule has 1 heterocycles. The summed E-state index contributed by atoms with van der Waals surface area (Å²) in [5.74, 6) is 0.679. The average Bonchev–Trinajstić information content (AvgIpc) is 2.80. The van der Waals surface area contributed by atoms with Crippen molar-refractivity contribution in [2.24, 2.45) is 5.92 Å². The lowest BCUT2D eigenvalue weighted by Crippen LogP contribution is -3.11. The van der Waals surface area contributed by atoms with Crippen LogP contribution in [0.2, 0.25) is 0 Å². The Morgan fingerprint density at radius 2 is 1.31 bits per heavy atom. The van der Waals surface area contributed by atoms with Crippen molar-refractivity contribution in [1.29, 1.82) is 0 Å². The van der Waals surface area contributed by atoms with Gasteiger partial charge in [-0.05, 0) is 37.3 Å². The second-order valence-corrected chi connectivity index (χ2v) is 8.61. The van der Waals surface area contributed by atoms with E-state index in [-0.39, 0.29) is 30.6 Å². The van der Waals surface area contributed by atoms with Crippen molar-refractivity contribution in [2.45, 2.75) is 31.8 Å². The zero-order valence-corrected chi connectivity index (χ0v) is 19.9. The Morgan fingerprint density at radius 3 is 1.84 bits per heavy atom. The highest BCUT2D eigenvalue weighted by atomic mass is 35.5. The lowest BCUT2D eigenvalue weighted by atomic mass is 9.92. The SMILES string of the molecule is Fc1ccc(C[NH+]2CCC(CC[NH2+]C(c3ccccc3)c3ccccc3)CC2)cc1.[Cl-].[Cl-]. The molecule has 0 aliphatic carbocycles. The Labute approximate surface area is 204 Å². The number of hydrogen-bond donors (Lipinski definition) is 2. The molecule has 0 radical (unpaired) electrons. The largest absolute Gasteiger partial charge is 1.00 e. The zero-order valence-electron chi connectivity index (χ0n) is 18.4. The molecular formula is C27H33Cl2FN2. The zero-order chi connectivity index (χ0) is 20.6. The van der Waals surface area contributed by atoms with Crippen LogP contribution in [0.1, 0.15) is 42.0 Å². The molecule has 0 amide bonds. The average molecular weight is 475 g/mol. The predicted octanol–water partition coefficient (Wildman–Crippen LogP) is -2.63. The molecule has 2 nitrogen and oxygen atoms in total. The molecule has 172 valence electrons. The summed E-state index contributed by atoms with van der Waals surface area (Å²) in [5.41, 5.74) is 4.00. The van der Waals surface area contributed by atoms with E-state index in [0.29, 0.717) is 6.04 Å². The van der Waals surface area contributed by atoms with Crippen LogP contribution < -0.4 is 35.0 Å². The Kier molecular flexibility index (Phi) is 11.2. The van der Waals surface area contributed by atoms with Gasteiger partial charge in [-0.15, -0.1) is 0 Å². The Hall–Kier alpha value is -1.91. The minimum Gasteiger partial charge on any atom is -1.00 e. The van der Waals surface area contributed by atoms with Gasteiger partial charge in [-0.2, -0.15) is 0 Å². The van der Waals surface area contributed by atoms with Crippen LogP contribution in [0.3, 0.4) is 0 Å². The van der Waals surface area contributed by atoms with E-state index in [1.54, 1.807) is 17.0 Å². The van der Waals surface area contributed by atoms with Crippen molar-refractivity contribution < 1.29 is 39.4 Å². The smallest absolute Gasteiger partial charge is 0.137 e.